The number of aliphatic carboxylic acids is 1. The molecule has 0 aliphatic heterocycles. The zero-order chi connectivity index (χ0) is 13.2. The molecule has 1 heterocycles. The van der Waals surface area contributed by atoms with Gasteiger partial charge in [-0.15, -0.1) is 0 Å². The maximum Gasteiger partial charge on any atom is 0.310 e. The molecule has 1 saturated carbocycles. The van der Waals surface area contributed by atoms with Crippen molar-refractivity contribution in [3.05, 3.63) is 23.9 Å². The van der Waals surface area contributed by atoms with Crippen LogP contribution in [0.5, 0.6) is 5.88 Å². The lowest BCUT2D eigenvalue weighted by Crippen LogP contribution is -2.33. The fourth-order valence-corrected chi connectivity index (χ4v) is 3.19. The zero-order valence-electron chi connectivity index (χ0n) is 10.8. The van der Waals surface area contributed by atoms with Crippen LogP contribution in [0, 0.1) is 5.41 Å². The number of hydrogen-bond donors (Lipinski definition) is 1. The number of carboxylic acid groups (broad SMARTS) is 1. The van der Waals surface area contributed by atoms with Gasteiger partial charge in [0.05, 0.1) is 12.5 Å². The van der Waals surface area contributed by atoms with E-state index in [1.54, 1.807) is 13.3 Å². The van der Waals surface area contributed by atoms with Crippen molar-refractivity contribution in [3.8, 4) is 5.88 Å². The summed E-state index contributed by atoms with van der Waals surface area (Å²) in [5, 5.41) is 9.60. The number of hydrogen-bond acceptors (Lipinski definition) is 3. The molecule has 4 heteroatoms. The molecule has 4 nitrogen and oxygen atoms in total. The van der Waals surface area contributed by atoms with E-state index < -0.39 is 11.4 Å². The minimum Gasteiger partial charge on any atom is -0.481 e. The summed E-state index contributed by atoms with van der Waals surface area (Å²) in [5.41, 5.74) is 0.276. The number of methoxy groups -OCH3 is 1. The molecule has 0 spiro atoms. The third-order valence-corrected chi connectivity index (χ3v) is 4.21. The van der Waals surface area contributed by atoms with Crippen molar-refractivity contribution in [1.29, 1.82) is 0 Å². The molecule has 1 fully saturated rings. The van der Waals surface area contributed by atoms with Crippen LogP contribution < -0.4 is 4.74 Å². The van der Waals surface area contributed by atoms with Crippen LogP contribution in [0.3, 0.4) is 0 Å². The molecule has 2 unspecified atom stereocenters. The van der Waals surface area contributed by atoms with E-state index >= 15 is 0 Å². The minimum atomic E-state index is -0.696. The molecule has 1 aromatic heterocycles. The smallest absolute Gasteiger partial charge is 0.310 e. The average Bonchev–Trinajstić information content (AvgIpc) is 2.83. The van der Waals surface area contributed by atoms with Gasteiger partial charge in [0.15, 0.2) is 0 Å². The summed E-state index contributed by atoms with van der Waals surface area (Å²) in [6.07, 6.45) is 4.89. The van der Waals surface area contributed by atoms with Gasteiger partial charge >= 0.3 is 5.97 Å². The summed E-state index contributed by atoms with van der Waals surface area (Å²) in [7, 11) is 1.58. The molecule has 0 radical (unpaired) electrons. The lowest BCUT2D eigenvalue weighted by atomic mass is 9.72. The van der Waals surface area contributed by atoms with Crippen molar-refractivity contribution < 1.29 is 14.6 Å². The summed E-state index contributed by atoms with van der Waals surface area (Å²) < 4.78 is 5.27. The molecule has 0 saturated heterocycles. The van der Waals surface area contributed by atoms with Crippen LogP contribution in [-0.2, 0) is 4.79 Å². The van der Waals surface area contributed by atoms with Crippen LogP contribution in [0.15, 0.2) is 18.3 Å². The van der Waals surface area contributed by atoms with Crippen LogP contribution in [-0.4, -0.2) is 23.2 Å². The van der Waals surface area contributed by atoms with Gasteiger partial charge in [-0.25, -0.2) is 4.98 Å². The van der Waals surface area contributed by atoms with Gasteiger partial charge in [0, 0.05) is 17.7 Å². The summed E-state index contributed by atoms with van der Waals surface area (Å²) in [6, 6.07) is 3.79. The second kappa shape index (κ2) is 4.96. The van der Waals surface area contributed by atoms with Crippen LogP contribution in [0.2, 0.25) is 0 Å². The summed E-state index contributed by atoms with van der Waals surface area (Å²) in [4.78, 5) is 15.9. The molecule has 0 amide bonds. The summed E-state index contributed by atoms with van der Waals surface area (Å²) in [6.45, 7) is 1.95. The van der Waals surface area contributed by atoms with Crippen molar-refractivity contribution in [2.24, 2.45) is 5.41 Å². The molecule has 0 aromatic carbocycles. The molecule has 1 aromatic rings. The zero-order valence-corrected chi connectivity index (χ0v) is 10.8. The van der Waals surface area contributed by atoms with Crippen molar-refractivity contribution in [1.82, 2.24) is 4.98 Å². The monoisotopic (exact) mass is 249 g/mol. The number of pyridine rings is 1. The molecular weight excluding hydrogens is 230 g/mol. The maximum absolute atomic E-state index is 11.7. The SMILES string of the molecule is CCC1(C(=O)O)CCCC1c1cccnc1OC. The van der Waals surface area contributed by atoms with Gasteiger partial charge in [0.25, 0.3) is 0 Å². The van der Waals surface area contributed by atoms with E-state index in [0.717, 1.165) is 24.8 Å². The first-order valence-electron chi connectivity index (χ1n) is 6.38. The highest BCUT2D eigenvalue weighted by molar-refractivity contribution is 5.77. The van der Waals surface area contributed by atoms with Gasteiger partial charge in [0.2, 0.25) is 5.88 Å². The lowest BCUT2D eigenvalue weighted by molar-refractivity contribution is -0.149. The molecule has 2 atom stereocenters. The Morgan fingerprint density at radius 3 is 3.06 bits per heavy atom. The number of carboxylic acids is 1. The summed E-state index contributed by atoms with van der Waals surface area (Å²) >= 11 is 0. The van der Waals surface area contributed by atoms with Crippen molar-refractivity contribution in [2.45, 2.75) is 38.5 Å². The van der Waals surface area contributed by atoms with Gasteiger partial charge < -0.3 is 9.84 Å². The Balaban J connectivity index is 2.45. The van der Waals surface area contributed by atoms with E-state index in [9.17, 15) is 9.90 Å². The Bertz CT molecular complexity index is 446. The van der Waals surface area contributed by atoms with Crippen molar-refractivity contribution >= 4 is 5.97 Å². The van der Waals surface area contributed by atoms with E-state index in [0.29, 0.717) is 12.3 Å². The predicted octanol–water partition coefficient (Wildman–Crippen LogP) is 2.84. The Morgan fingerprint density at radius 1 is 1.67 bits per heavy atom. The molecule has 0 bridgehead atoms. The minimum absolute atomic E-state index is 0.00338. The highest BCUT2D eigenvalue weighted by Gasteiger charge is 2.49. The highest BCUT2D eigenvalue weighted by Crippen LogP contribution is 2.53. The molecule has 18 heavy (non-hydrogen) atoms. The van der Waals surface area contributed by atoms with Gasteiger partial charge in [-0.3, -0.25) is 4.79 Å². The Morgan fingerprint density at radius 2 is 2.44 bits per heavy atom. The third kappa shape index (κ3) is 1.85. The fraction of sp³-hybridized carbons (Fsp3) is 0.571. The van der Waals surface area contributed by atoms with E-state index in [-0.39, 0.29) is 5.92 Å². The van der Waals surface area contributed by atoms with Gasteiger partial charge in [-0.05, 0) is 25.3 Å². The number of nitrogens with zero attached hydrogens (tertiary/aromatic N) is 1. The van der Waals surface area contributed by atoms with E-state index in [1.165, 1.54) is 0 Å². The first kappa shape index (κ1) is 12.9. The molecular formula is C14H19NO3. The van der Waals surface area contributed by atoms with E-state index in [2.05, 4.69) is 4.98 Å². The maximum atomic E-state index is 11.7. The Labute approximate surface area is 107 Å². The number of ether oxygens (including phenoxy) is 1. The fourth-order valence-electron chi connectivity index (χ4n) is 3.19. The second-order valence-electron chi connectivity index (χ2n) is 4.86. The Hall–Kier alpha value is -1.58. The highest BCUT2D eigenvalue weighted by atomic mass is 16.5. The van der Waals surface area contributed by atoms with Crippen molar-refractivity contribution in [2.75, 3.05) is 7.11 Å². The quantitative estimate of drug-likeness (QED) is 0.891. The number of rotatable bonds is 4. The molecule has 1 N–H and O–H groups in total. The van der Waals surface area contributed by atoms with E-state index in [4.69, 9.17) is 4.74 Å². The largest absolute Gasteiger partial charge is 0.481 e. The number of carbonyl (C=O) groups is 1. The predicted molar refractivity (Wildman–Crippen MR) is 67.7 cm³/mol. The third-order valence-electron chi connectivity index (χ3n) is 4.21. The molecule has 1 aliphatic carbocycles. The standard InChI is InChI=1S/C14H19NO3/c1-3-14(13(16)17)8-4-7-11(14)10-6-5-9-15-12(10)18-2/h5-6,9,11H,3-4,7-8H2,1-2H3,(H,16,17). The second-order valence-corrected chi connectivity index (χ2v) is 4.86. The van der Waals surface area contributed by atoms with E-state index in [1.807, 2.05) is 19.1 Å². The van der Waals surface area contributed by atoms with Crippen LogP contribution in [0.25, 0.3) is 0 Å². The normalized spacial score (nSPS) is 27.1. The summed E-state index contributed by atoms with van der Waals surface area (Å²) in [5.74, 6) is -0.134. The van der Waals surface area contributed by atoms with Crippen molar-refractivity contribution in [3.63, 3.8) is 0 Å². The van der Waals surface area contributed by atoms with Crippen LogP contribution in [0.1, 0.15) is 44.1 Å². The average molecular weight is 249 g/mol. The number of aromatic nitrogens is 1. The lowest BCUT2D eigenvalue weighted by Gasteiger charge is -2.30. The Kier molecular flexibility index (Phi) is 3.55. The molecule has 1 aliphatic rings. The first-order valence-corrected chi connectivity index (χ1v) is 6.38. The first-order chi connectivity index (χ1) is 8.65. The van der Waals surface area contributed by atoms with Crippen LogP contribution >= 0.6 is 0 Å². The van der Waals surface area contributed by atoms with Crippen LogP contribution in [0.4, 0.5) is 0 Å². The van der Waals surface area contributed by atoms with Gasteiger partial charge in [-0.2, -0.15) is 0 Å². The molecule has 2 rings (SSSR count). The topological polar surface area (TPSA) is 59.4 Å². The molecule has 98 valence electrons. The van der Waals surface area contributed by atoms with Gasteiger partial charge in [0.1, 0.15) is 0 Å². The van der Waals surface area contributed by atoms with Gasteiger partial charge in [-0.1, -0.05) is 19.4 Å².